The number of rotatable bonds is 4. The zero-order valence-corrected chi connectivity index (χ0v) is 31.4. The fraction of sp³-hybridized carbons (Fsp3) is 0.186. The third-order valence-electron chi connectivity index (χ3n) is 10.3. The van der Waals surface area contributed by atoms with E-state index in [0.717, 1.165) is 27.8 Å². The second kappa shape index (κ2) is 12.5. The van der Waals surface area contributed by atoms with Gasteiger partial charge < -0.3 is 41.5 Å². The van der Waals surface area contributed by atoms with Gasteiger partial charge in [-0.3, -0.25) is 0 Å². The summed E-state index contributed by atoms with van der Waals surface area (Å²) in [5.74, 6) is -0.767. The number of hydrogen-bond acceptors (Lipinski definition) is 9. The molecule has 0 spiro atoms. The number of nitrogens with zero attached hydrogens (tertiary/aromatic N) is 6. The van der Waals surface area contributed by atoms with E-state index in [9.17, 15) is 15.5 Å². The van der Waals surface area contributed by atoms with Crippen molar-refractivity contribution >= 4 is 66.8 Å². The van der Waals surface area contributed by atoms with Crippen LogP contribution >= 0.6 is 0 Å². The van der Waals surface area contributed by atoms with Gasteiger partial charge in [-0.15, -0.1) is 0 Å². The van der Waals surface area contributed by atoms with Crippen molar-refractivity contribution in [3.8, 4) is 17.6 Å². The highest BCUT2D eigenvalue weighted by atomic mass is 16.3. The molecule has 11 nitrogen and oxygen atoms in total. The summed E-state index contributed by atoms with van der Waals surface area (Å²) in [5.41, 5.74) is 19.7. The number of phenolic OH excluding ortho intramolecular Hbond substituents is 2. The molecule has 0 saturated heterocycles. The minimum atomic E-state index is -0.488. The first-order valence-corrected chi connectivity index (χ1v) is 17.2. The van der Waals surface area contributed by atoms with E-state index >= 15 is 5.11 Å². The Morgan fingerprint density at radius 3 is 1.57 bits per heavy atom. The van der Waals surface area contributed by atoms with E-state index in [4.69, 9.17) is 18.0 Å². The second-order valence-corrected chi connectivity index (χ2v) is 14.3. The number of fused-ring (bicyclic) bond motifs is 4. The Morgan fingerprint density at radius 2 is 1.19 bits per heavy atom. The van der Waals surface area contributed by atoms with Crippen LogP contribution in [0.5, 0.6) is 11.5 Å². The zero-order valence-electron chi connectivity index (χ0n) is 31.4. The van der Waals surface area contributed by atoms with Crippen molar-refractivity contribution in [3.05, 3.63) is 123 Å². The van der Waals surface area contributed by atoms with E-state index in [-0.39, 0.29) is 39.5 Å². The van der Waals surface area contributed by atoms with Crippen LogP contribution in [0.3, 0.4) is 0 Å². The lowest BCUT2D eigenvalue weighted by Gasteiger charge is -2.41. The van der Waals surface area contributed by atoms with Crippen molar-refractivity contribution in [2.24, 2.45) is 0 Å². The summed E-state index contributed by atoms with van der Waals surface area (Å²) in [7, 11) is 15.2. The highest BCUT2D eigenvalue weighted by Gasteiger charge is 2.43. The Balaban J connectivity index is 1.80. The molecular formula is C43H40N8O3. The largest absolute Gasteiger partial charge is 0.872 e. The van der Waals surface area contributed by atoms with Gasteiger partial charge in [-0.1, -0.05) is 30.0 Å². The quantitative estimate of drug-likeness (QED) is 0.0611. The lowest BCUT2D eigenvalue weighted by atomic mass is 9.68. The summed E-state index contributed by atoms with van der Waals surface area (Å²) < 4.78 is 1.92. The Kier molecular flexibility index (Phi) is 8.19. The molecule has 54 heavy (non-hydrogen) atoms. The number of benzene rings is 5. The van der Waals surface area contributed by atoms with Gasteiger partial charge in [0, 0.05) is 103 Å². The number of nitrogens with two attached hydrogens (primary N) is 2. The Bertz CT molecular complexity index is 2580. The molecule has 270 valence electrons. The van der Waals surface area contributed by atoms with Crippen molar-refractivity contribution in [2.75, 3.05) is 82.5 Å². The summed E-state index contributed by atoms with van der Waals surface area (Å²) in [6.07, 6.45) is 0. The maximum Gasteiger partial charge on any atom is 0.270 e. The van der Waals surface area contributed by atoms with Crippen LogP contribution in [0.15, 0.2) is 83.3 Å². The van der Waals surface area contributed by atoms with Crippen molar-refractivity contribution in [3.63, 3.8) is 0 Å². The van der Waals surface area contributed by atoms with Gasteiger partial charge in [0.2, 0.25) is 5.71 Å². The molecule has 0 amide bonds. The van der Waals surface area contributed by atoms with Crippen LogP contribution in [0.2, 0.25) is 0 Å². The lowest BCUT2D eigenvalue weighted by Crippen LogP contribution is -2.31. The van der Waals surface area contributed by atoms with Crippen LogP contribution in [0.4, 0.5) is 28.4 Å². The van der Waals surface area contributed by atoms with Crippen LogP contribution in [-0.4, -0.2) is 76.9 Å². The molecule has 0 aliphatic heterocycles. The van der Waals surface area contributed by atoms with Crippen LogP contribution in [0, 0.1) is 17.9 Å². The number of hydrogen-bond donors (Lipinski definition) is 4. The van der Waals surface area contributed by atoms with Crippen LogP contribution in [0.1, 0.15) is 27.8 Å². The molecule has 6 N–H and O–H groups in total. The third-order valence-corrected chi connectivity index (χ3v) is 10.3. The van der Waals surface area contributed by atoms with Gasteiger partial charge in [0.25, 0.3) is 5.70 Å². The molecule has 5 aromatic rings. The molecule has 5 aromatic carbocycles. The van der Waals surface area contributed by atoms with Gasteiger partial charge in [-0.05, 0) is 47.5 Å². The first kappa shape index (κ1) is 35.3. The van der Waals surface area contributed by atoms with Crippen LogP contribution in [0.25, 0.3) is 37.5 Å². The first-order valence-electron chi connectivity index (χ1n) is 17.2. The van der Waals surface area contributed by atoms with E-state index < -0.39 is 5.76 Å². The molecular weight excluding hydrogens is 677 g/mol. The van der Waals surface area contributed by atoms with Crippen LogP contribution in [-0.2, 0) is 0 Å². The van der Waals surface area contributed by atoms with Crippen molar-refractivity contribution in [1.29, 1.82) is 5.26 Å². The number of nitriles is 1. The average molecular weight is 717 g/mol. The predicted molar refractivity (Wildman–Crippen MR) is 217 cm³/mol. The minimum Gasteiger partial charge on any atom is -0.872 e. The predicted octanol–water partition coefficient (Wildman–Crippen LogP) is 5.47. The topological polar surface area (TPSA) is 156 Å². The fourth-order valence-electron chi connectivity index (χ4n) is 8.20. The van der Waals surface area contributed by atoms with E-state index in [1.54, 1.807) is 36.4 Å². The smallest absolute Gasteiger partial charge is 0.270 e. The molecule has 0 atom stereocenters. The molecule has 0 saturated carbocycles. The number of anilines is 5. The molecule has 0 aromatic heterocycles. The molecule has 0 radical (unpaired) electrons. The third kappa shape index (κ3) is 4.75. The molecule has 0 unspecified atom stereocenters. The van der Waals surface area contributed by atoms with Crippen molar-refractivity contribution in [1.82, 2.24) is 0 Å². The summed E-state index contributed by atoms with van der Waals surface area (Å²) in [4.78, 5) is 9.46. The molecule has 0 fully saturated rings. The van der Waals surface area contributed by atoms with Gasteiger partial charge in [0.05, 0.1) is 40.8 Å². The number of nitrogen functional groups attached to an aromatic ring is 2. The standard InChI is InChI=1S/C43H40N8O3/c1-47-25(20-44)32-39(37-30-21(12-10-14-23(30)45)41(50(6)7)22-13-11-15-24(46)31(22)37)43(54)40(32)38-35-28(52)18-16-26(48(2)3)33(35)42(51(8)9)34-27(49(4)5)17-19-29(53)36(34)38/h10-19H,45-46H2,2-9H3,(H2-,52,53,54)/b32-25-. The highest BCUT2D eigenvalue weighted by Crippen LogP contribution is 2.59. The summed E-state index contributed by atoms with van der Waals surface area (Å²) >= 11 is 0. The maximum absolute atomic E-state index is 15.4. The fourth-order valence-corrected chi connectivity index (χ4v) is 8.20. The van der Waals surface area contributed by atoms with Crippen LogP contribution < -0.4 is 31.3 Å². The second-order valence-electron chi connectivity index (χ2n) is 14.3. The summed E-state index contributed by atoms with van der Waals surface area (Å²) in [6.45, 7) is 8.21. The lowest BCUT2D eigenvalue weighted by molar-refractivity contribution is -0.463. The monoisotopic (exact) mass is 716 g/mol. The zero-order chi connectivity index (χ0) is 39.1. The van der Waals surface area contributed by atoms with Gasteiger partial charge in [-0.25, -0.2) is 14.7 Å². The van der Waals surface area contributed by atoms with Gasteiger partial charge in [0.15, 0.2) is 0 Å². The maximum atomic E-state index is 15.4. The van der Waals surface area contributed by atoms with Gasteiger partial charge >= 0.3 is 0 Å². The molecule has 0 heterocycles. The Hall–Kier alpha value is -7.11. The average Bonchev–Trinajstić information content (AvgIpc) is 3.11. The Morgan fingerprint density at radius 1 is 0.704 bits per heavy atom. The first-order chi connectivity index (χ1) is 25.7. The SMILES string of the molecule is [C-]#[N+]/C(C#N)=C1\C(=C2c3c(O)ccc(N(C)C)c3C(=[N+](C)C)c3c(N(C)C)ccc(O)c32)C([O-])=C1c1c2c(N)cccc2c(N(C)C)c2cccc(N)c12. The molecule has 0 bridgehead atoms. The molecule has 11 heteroatoms. The normalized spacial score (nSPS) is 14.3. The number of aromatic hydroxyl groups is 2. The molecule has 2 aliphatic rings. The van der Waals surface area contributed by atoms with E-state index in [1.807, 2.05) is 99.9 Å². The number of phenols is 2. The molecule has 2 aliphatic carbocycles. The van der Waals surface area contributed by atoms with E-state index in [0.29, 0.717) is 55.7 Å². The van der Waals surface area contributed by atoms with E-state index in [1.165, 1.54) is 0 Å². The summed E-state index contributed by atoms with van der Waals surface area (Å²) in [6, 6.07) is 19.8. The van der Waals surface area contributed by atoms with Gasteiger partial charge in [0.1, 0.15) is 25.6 Å². The van der Waals surface area contributed by atoms with Crippen molar-refractivity contribution < 1.29 is 19.9 Å². The van der Waals surface area contributed by atoms with Crippen molar-refractivity contribution in [2.45, 2.75) is 0 Å². The molecule has 7 rings (SSSR count). The Labute approximate surface area is 313 Å². The minimum absolute atomic E-state index is 0.0252. The highest BCUT2D eigenvalue weighted by molar-refractivity contribution is 6.30. The number of allylic oxidation sites excluding steroid dienone is 3. The van der Waals surface area contributed by atoms with Gasteiger partial charge in [-0.2, -0.15) is 0 Å². The summed E-state index contributed by atoms with van der Waals surface area (Å²) in [5, 5.41) is 52.3. The van der Waals surface area contributed by atoms with E-state index in [2.05, 4.69) is 10.9 Å².